The molecular formula is C9H9BrFN3. The molecule has 0 saturated carbocycles. The van der Waals surface area contributed by atoms with E-state index in [1.54, 1.807) is 6.07 Å². The van der Waals surface area contributed by atoms with Crippen LogP contribution in [0.1, 0.15) is 0 Å². The van der Waals surface area contributed by atoms with Crippen LogP contribution >= 0.6 is 15.9 Å². The molecular weight excluding hydrogens is 249 g/mol. The van der Waals surface area contributed by atoms with Gasteiger partial charge in [-0.15, -0.1) is 0 Å². The summed E-state index contributed by atoms with van der Waals surface area (Å²) in [5.74, 6) is -0.261. The lowest BCUT2D eigenvalue weighted by atomic mass is 10.3. The molecule has 0 aliphatic rings. The van der Waals surface area contributed by atoms with E-state index in [1.165, 1.54) is 12.1 Å². The highest BCUT2D eigenvalue weighted by atomic mass is 79.9. The van der Waals surface area contributed by atoms with E-state index in [2.05, 4.69) is 20.9 Å². The Morgan fingerprint density at radius 2 is 2.29 bits per heavy atom. The molecule has 1 aromatic heterocycles. The van der Waals surface area contributed by atoms with Gasteiger partial charge in [0.1, 0.15) is 5.82 Å². The predicted molar refractivity (Wildman–Crippen MR) is 56.4 cm³/mol. The molecule has 0 unspecified atom stereocenters. The number of hydrogen-bond acceptors (Lipinski definition) is 2. The number of fused-ring (bicyclic) bond motifs is 1. The Balaban J connectivity index is 2.66. The minimum absolute atomic E-state index is 0.261. The fourth-order valence-electron chi connectivity index (χ4n) is 1.41. The highest BCUT2D eigenvalue weighted by molar-refractivity contribution is 9.10. The normalized spacial score (nSPS) is 11.1. The van der Waals surface area contributed by atoms with Crippen molar-refractivity contribution in [1.82, 2.24) is 9.55 Å². The first kappa shape index (κ1) is 9.61. The number of imidazole rings is 1. The van der Waals surface area contributed by atoms with Crippen LogP contribution in [0.5, 0.6) is 0 Å². The van der Waals surface area contributed by atoms with E-state index in [9.17, 15) is 4.39 Å². The molecule has 1 aromatic carbocycles. The topological polar surface area (TPSA) is 43.8 Å². The van der Waals surface area contributed by atoms with Crippen LogP contribution in [0.4, 0.5) is 4.39 Å². The Morgan fingerprint density at radius 3 is 3.00 bits per heavy atom. The van der Waals surface area contributed by atoms with Crippen LogP contribution < -0.4 is 5.73 Å². The Hall–Kier alpha value is -0.940. The minimum Gasteiger partial charge on any atom is -0.329 e. The monoisotopic (exact) mass is 257 g/mol. The third-order valence-electron chi connectivity index (χ3n) is 2.02. The van der Waals surface area contributed by atoms with E-state index in [4.69, 9.17) is 5.73 Å². The number of aromatic nitrogens is 2. The van der Waals surface area contributed by atoms with Crippen LogP contribution in [0.25, 0.3) is 11.0 Å². The molecule has 14 heavy (non-hydrogen) atoms. The quantitative estimate of drug-likeness (QED) is 0.893. The molecule has 2 rings (SSSR count). The van der Waals surface area contributed by atoms with Gasteiger partial charge in [0.15, 0.2) is 4.73 Å². The highest BCUT2D eigenvalue weighted by Crippen LogP contribution is 2.20. The molecule has 0 aliphatic heterocycles. The predicted octanol–water partition coefficient (Wildman–Crippen LogP) is 1.90. The zero-order valence-electron chi connectivity index (χ0n) is 7.37. The molecule has 2 aromatic rings. The van der Waals surface area contributed by atoms with Gasteiger partial charge in [-0.05, 0) is 34.1 Å². The summed E-state index contributed by atoms with van der Waals surface area (Å²) in [7, 11) is 0. The van der Waals surface area contributed by atoms with Crippen molar-refractivity contribution < 1.29 is 4.39 Å². The van der Waals surface area contributed by atoms with Gasteiger partial charge in [-0.3, -0.25) is 0 Å². The van der Waals surface area contributed by atoms with Crippen molar-refractivity contribution in [1.29, 1.82) is 0 Å². The fourth-order valence-corrected chi connectivity index (χ4v) is 1.97. The van der Waals surface area contributed by atoms with Crippen molar-refractivity contribution in [2.75, 3.05) is 6.54 Å². The maximum absolute atomic E-state index is 13.0. The second-order valence-corrected chi connectivity index (χ2v) is 3.66. The third kappa shape index (κ3) is 1.53. The molecule has 0 fully saturated rings. The molecule has 5 heteroatoms. The average molecular weight is 258 g/mol. The van der Waals surface area contributed by atoms with Crippen LogP contribution in [-0.2, 0) is 6.54 Å². The van der Waals surface area contributed by atoms with Crippen molar-refractivity contribution in [3.8, 4) is 0 Å². The van der Waals surface area contributed by atoms with Crippen molar-refractivity contribution in [2.24, 2.45) is 5.73 Å². The van der Waals surface area contributed by atoms with E-state index in [1.807, 2.05) is 4.57 Å². The van der Waals surface area contributed by atoms with E-state index in [0.29, 0.717) is 17.8 Å². The molecule has 3 nitrogen and oxygen atoms in total. The second-order valence-electron chi connectivity index (χ2n) is 2.95. The summed E-state index contributed by atoms with van der Waals surface area (Å²) < 4.78 is 15.5. The molecule has 0 atom stereocenters. The summed E-state index contributed by atoms with van der Waals surface area (Å²) in [5, 5.41) is 0. The lowest BCUT2D eigenvalue weighted by Gasteiger charge is -2.02. The maximum Gasteiger partial charge on any atom is 0.178 e. The molecule has 0 spiro atoms. The number of nitrogens with zero attached hydrogens (tertiary/aromatic N) is 2. The molecule has 74 valence electrons. The lowest BCUT2D eigenvalue weighted by molar-refractivity contribution is 0.627. The average Bonchev–Trinajstić information content (AvgIpc) is 2.45. The molecule has 0 aliphatic carbocycles. The summed E-state index contributed by atoms with van der Waals surface area (Å²) >= 11 is 3.31. The van der Waals surface area contributed by atoms with Crippen LogP contribution in [0, 0.1) is 5.82 Å². The van der Waals surface area contributed by atoms with Crippen molar-refractivity contribution >= 4 is 27.0 Å². The number of benzene rings is 1. The third-order valence-corrected chi connectivity index (χ3v) is 2.62. The molecule has 0 saturated heterocycles. The van der Waals surface area contributed by atoms with Crippen LogP contribution in [0.2, 0.25) is 0 Å². The van der Waals surface area contributed by atoms with Gasteiger partial charge in [0, 0.05) is 13.1 Å². The van der Waals surface area contributed by atoms with E-state index < -0.39 is 0 Å². The Labute approximate surface area is 88.9 Å². The van der Waals surface area contributed by atoms with E-state index in [0.717, 1.165) is 11.0 Å². The smallest absolute Gasteiger partial charge is 0.178 e. The summed E-state index contributed by atoms with van der Waals surface area (Å²) in [6.07, 6.45) is 0. The van der Waals surface area contributed by atoms with E-state index >= 15 is 0 Å². The van der Waals surface area contributed by atoms with Gasteiger partial charge in [-0.25, -0.2) is 9.37 Å². The van der Waals surface area contributed by atoms with Crippen molar-refractivity contribution in [3.63, 3.8) is 0 Å². The number of halogens is 2. The van der Waals surface area contributed by atoms with Gasteiger partial charge in [-0.2, -0.15) is 0 Å². The summed E-state index contributed by atoms with van der Waals surface area (Å²) in [6.45, 7) is 1.13. The van der Waals surface area contributed by atoms with E-state index in [-0.39, 0.29) is 5.82 Å². The van der Waals surface area contributed by atoms with Crippen LogP contribution in [0.3, 0.4) is 0 Å². The largest absolute Gasteiger partial charge is 0.329 e. The van der Waals surface area contributed by atoms with Gasteiger partial charge >= 0.3 is 0 Å². The van der Waals surface area contributed by atoms with Crippen LogP contribution in [-0.4, -0.2) is 16.1 Å². The van der Waals surface area contributed by atoms with Gasteiger partial charge in [0.25, 0.3) is 0 Å². The maximum atomic E-state index is 13.0. The van der Waals surface area contributed by atoms with Crippen LogP contribution in [0.15, 0.2) is 22.9 Å². The number of hydrogen-bond donors (Lipinski definition) is 1. The van der Waals surface area contributed by atoms with Gasteiger partial charge in [0.05, 0.1) is 11.0 Å². The number of rotatable bonds is 2. The second kappa shape index (κ2) is 3.67. The Kier molecular flexibility index (Phi) is 2.52. The summed E-state index contributed by atoms with van der Waals surface area (Å²) in [6, 6.07) is 4.51. The summed E-state index contributed by atoms with van der Waals surface area (Å²) in [4.78, 5) is 4.23. The highest BCUT2D eigenvalue weighted by Gasteiger charge is 2.07. The molecule has 0 amide bonds. The minimum atomic E-state index is -0.261. The zero-order valence-corrected chi connectivity index (χ0v) is 8.96. The Bertz CT molecular complexity index is 466. The summed E-state index contributed by atoms with van der Waals surface area (Å²) in [5.41, 5.74) is 6.99. The standard InChI is InChI=1S/C9H9BrFN3/c10-9-13-7-2-1-6(11)5-8(7)14(9)4-3-12/h1-2,5H,3-4,12H2. The first-order valence-electron chi connectivity index (χ1n) is 4.23. The van der Waals surface area contributed by atoms with Gasteiger partial charge in [0.2, 0.25) is 0 Å². The number of nitrogens with two attached hydrogens (primary N) is 1. The van der Waals surface area contributed by atoms with Crippen molar-refractivity contribution in [3.05, 3.63) is 28.7 Å². The van der Waals surface area contributed by atoms with Gasteiger partial charge < -0.3 is 10.3 Å². The van der Waals surface area contributed by atoms with Crippen molar-refractivity contribution in [2.45, 2.75) is 6.54 Å². The molecule has 1 heterocycles. The molecule has 0 bridgehead atoms. The first-order chi connectivity index (χ1) is 6.72. The lowest BCUT2D eigenvalue weighted by Crippen LogP contribution is -2.09. The first-order valence-corrected chi connectivity index (χ1v) is 5.03. The Morgan fingerprint density at radius 1 is 1.50 bits per heavy atom. The zero-order chi connectivity index (χ0) is 10.1. The SMILES string of the molecule is NCCn1c(Br)nc2ccc(F)cc21. The fraction of sp³-hybridized carbons (Fsp3) is 0.222. The van der Waals surface area contributed by atoms with Gasteiger partial charge in [-0.1, -0.05) is 0 Å². The molecule has 2 N–H and O–H groups in total. The molecule has 0 radical (unpaired) electrons.